The van der Waals surface area contributed by atoms with Crippen molar-refractivity contribution in [3.8, 4) is 5.06 Å². The average Bonchev–Trinajstić information content (AvgIpc) is 2.43. The van der Waals surface area contributed by atoms with E-state index in [1.165, 1.54) is 27.0 Å². The maximum absolute atomic E-state index is 9.57. The Hall–Kier alpha value is -0.290. The summed E-state index contributed by atoms with van der Waals surface area (Å²) in [7, 11) is 0. The molecule has 0 aliphatic heterocycles. The van der Waals surface area contributed by atoms with Crippen molar-refractivity contribution >= 4 is 44.0 Å². The molecule has 0 radical (unpaired) electrons. The second kappa shape index (κ2) is 3.46. The molecule has 0 aliphatic carbocycles. The third kappa shape index (κ3) is 1.44. The van der Waals surface area contributed by atoms with E-state index in [9.17, 15) is 5.11 Å². The standard InChI is InChI=1S/C10H9IOS/c1-2-6-4-3-5-7-8(11)10(12)13-9(6)7/h3-5,12H,2H2,1H3. The van der Waals surface area contributed by atoms with Crippen LogP contribution in [-0.4, -0.2) is 5.11 Å². The molecule has 0 amide bonds. The van der Waals surface area contributed by atoms with Gasteiger partial charge in [0.05, 0.1) is 3.57 Å². The molecule has 13 heavy (non-hydrogen) atoms. The molecule has 0 aliphatic rings. The van der Waals surface area contributed by atoms with Gasteiger partial charge in [0.15, 0.2) is 5.06 Å². The molecule has 1 heterocycles. The number of hydrogen-bond acceptors (Lipinski definition) is 2. The molecule has 0 atom stereocenters. The summed E-state index contributed by atoms with van der Waals surface area (Å²) >= 11 is 3.67. The highest BCUT2D eigenvalue weighted by Crippen LogP contribution is 2.39. The summed E-state index contributed by atoms with van der Waals surface area (Å²) in [6, 6.07) is 6.23. The zero-order valence-electron chi connectivity index (χ0n) is 7.17. The minimum Gasteiger partial charge on any atom is -0.499 e. The highest BCUT2D eigenvalue weighted by molar-refractivity contribution is 14.1. The smallest absolute Gasteiger partial charge is 0.186 e. The van der Waals surface area contributed by atoms with Crippen molar-refractivity contribution in [1.29, 1.82) is 0 Å². The SMILES string of the molecule is CCc1cccc2c(I)c(O)sc12. The van der Waals surface area contributed by atoms with E-state index in [1.54, 1.807) is 0 Å². The molecule has 0 saturated heterocycles. The number of thiophene rings is 1. The molecule has 2 rings (SSSR count). The Bertz CT molecular complexity index is 447. The lowest BCUT2D eigenvalue weighted by atomic mass is 10.1. The van der Waals surface area contributed by atoms with E-state index in [2.05, 4.69) is 47.7 Å². The molecule has 0 bridgehead atoms. The van der Waals surface area contributed by atoms with Crippen LogP contribution in [-0.2, 0) is 6.42 Å². The lowest BCUT2D eigenvalue weighted by molar-refractivity contribution is 0.488. The van der Waals surface area contributed by atoms with Crippen LogP contribution in [0.5, 0.6) is 5.06 Å². The highest BCUT2D eigenvalue weighted by Gasteiger charge is 2.10. The Balaban J connectivity index is 2.84. The Morgan fingerprint density at radius 3 is 2.92 bits per heavy atom. The predicted molar refractivity (Wildman–Crippen MR) is 65.6 cm³/mol. The molecule has 1 aromatic heterocycles. The summed E-state index contributed by atoms with van der Waals surface area (Å²) in [4.78, 5) is 0. The van der Waals surface area contributed by atoms with Crippen molar-refractivity contribution in [2.24, 2.45) is 0 Å². The van der Waals surface area contributed by atoms with Crippen LogP contribution in [0.4, 0.5) is 0 Å². The first kappa shape index (κ1) is 9.27. The van der Waals surface area contributed by atoms with E-state index in [0.717, 1.165) is 9.99 Å². The first-order valence-electron chi connectivity index (χ1n) is 4.13. The third-order valence-corrected chi connectivity index (χ3v) is 4.64. The van der Waals surface area contributed by atoms with Crippen molar-refractivity contribution in [1.82, 2.24) is 0 Å². The molecular formula is C10H9IOS. The molecule has 1 aromatic carbocycles. The van der Waals surface area contributed by atoms with Gasteiger partial charge in [-0.05, 0) is 34.6 Å². The van der Waals surface area contributed by atoms with E-state index in [4.69, 9.17) is 0 Å². The quantitative estimate of drug-likeness (QED) is 0.795. The van der Waals surface area contributed by atoms with E-state index >= 15 is 0 Å². The number of fused-ring (bicyclic) bond motifs is 1. The summed E-state index contributed by atoms with van der Waals surface area (Å²) in [6.07, 6.45) is 1.02. The Morgan fingerprint density at radius 2 is 2.23 bits per heavy atom. The van der Waals surface area contributed by atoms with Gasteiger partial charge in [0, 0.05) is 10.1 Å². The first-order valence-corrected chi connectivity index (χ1v) is 6.02. The number of halogens is 1. The molecule has 0 spiro atoms. The maximum Gasteiger partial charge on any atom is 0.186 e. The third-order valence-electron chi connectivity index (χ3n) is 2.10. The summed E-state index contributed by atoms with van der Waals surface area (Å²) < 4.78 is 2.21. The molecule has 2 aromatic rings. The van der Waals surface area contributed by atoms with Crippen molar-refractivity contribution in [2.45, 2.75) is 13.3 Å². The number of aromatic hydroxyl groups is 1. The normalized spacial score (nSPS) is 10.9. The van der Waals surface area contributed by atoms with Gasteiger partial charge in [0.2, 0.25) is 0 Å². The Kier molecular flexibility index (Phi) is 2.47. The Labute approximate surface area is 94.5 Å². The van der Waals surface area contributed by atoms with Crippen LogP contribution in [0.25, 0.3) is 10.1 Å². The minimum atomic E-state index is 0.441. The second-order valence-electron chi connectivity index (χ2n) is 2.87. The van der Waals surface area contributed by atoms with Crippen molar-refractivity contribution in [3.63, 3.8) is 0 Å². The van der Waals surface area contributed by atoms with Crippen LogP contribution >= 0.6 is 33.9 Å². The predicted octanol–water partition coefficient (Wildman–Crippen LogP) is 3.77. The van der Waals surface area contributed by atoms with Gasteiger partial charge in [0.1, 0.15) is 0 Å². The van der Waals surface area contributed by atoms with E-state index < -0.39 is 0 Å². The zero-order chi connectivity index (χ0) is 9.42. The number of aryl methyl sites for hydroxylation is 1. The molecule has 0 unspecified atom stereocenters. The van der Waals surface area contributed by atoms with Crippen molar-refractivity contribution in [3.05, 3.63) is 27.3 Å². The zero-order valence-corrected chi connectivity index (χ0v) is 10.1. The minimum absolute atomic E-state index is 0.441. The number of benzene rings is 1. The molecule has 0 fully saturated rings. The highest BCUT2D eigenvalue weighted by atomic mass is 127. The van der Waals surface area contributed by atoms with Crippen LogP contribution in [0.3, 0.4) is 0 Å². The van der Waals surface area contributed by atoms with Crippen molar-refractivity contribution < 1.29 is 5.11 Å². The van der Waals surface area contributed by atoms with Gasteiger partial charge in [-0.3, -0.25) is 0 Å². The summed E-state index contributed by atoms with van der Waals surface area (Å²) in [6.45, 7) is 2.14. The molecular weight excluding hydrogens is 295 g/mol. The van der Waals surface area contributed by atoms with Crippen LogP contribution in [0.2, 0.25) is 0 Å². The summed E-state index contributed by atoms with van der Waals surface area (Å²) in [5, 5.41) is 11.2. The first-order chi connectivity index (χ1) is 6.24. The molecule has 68 valence electrons. The number of hydrogen-bond donors (Lipinski definition) is 1. The fraction of sp³-hybridized carbons (Fsp3) is 0.200. The average molecular weight is 304 g/mol. The van der Waals surface area contributed by atoms with E-state index in [-0.39, 0.29) is 0 Å². The maximum atomic E-state index is 9.57. The van der Waals surface area contributed by atoms with E-state index in [0.29, 0.717) is 5.06 Å². The van der Waals surface area contributed by atoms with Crippen LogP contribution in [0, 0.1) is 3.57 Å². The lowest BCUT2D eigenvalue weighted by Gasteiger charge is -1.96. The Morgan fingerprint density at radius 1 is 1.46 bits per heavy atom. The largest absolute Gasteiger partial charge is 0.499 e. The van der Waals surface area contributed by atoms with Gasteiger partial charge < -0.3 is 5.11 Å². The monoisotopic (exact) mass is 304 g/mol. The van der Waals surface area contributed by atoms with Gasteiger partial charge in [-0.15, -0.1) is 0 Å². The van der Waals surface area contributed by atoms with Gasteiger partial charge in [-0.25, -0.2) is 0 Å². The lowest BCUT2D eigenvalue weighted by Crippen LogP contribution is -1.78. The topological polar surface area (TPSA) is 20.2 Å². The fourth-order valence-corrected chi connectivity index (χ4v) is 3.39. The van der Waals surface area contributed by atoms with Gasteiger partial charge >= 0.3 is 0 Å². The fourth-order valence-electron chi connectivity index (χ4n) is 1.41. The summed E-state index contributed by atoms with van der Waals surface area (Å²) in [5.41, 5.74) is 1.32. The van der Waals surface area contributed by atoms with E-state index in [1.807, 2.05) is 0 Å². The molecule has 1 nitrogen and oxygen atoms in total. The van der Waals surface area contributed by atoms with Crippen LogP contribution < -0.4 is 0 Å². The molecule has 3 heteroatoms. The van der Waals surface area contributed by atoms with Crippen LogP contribution in [0.15, 0.2) is 18.2 Å². The van der Waals surface area contributed by atoms with Crippen molar-refractivity contribution in [2.75, 3.05) is 0 Å². The van der Waals surface area contributed by atoms with Crippen LogP contribution in [0.1, 0.15) is 12.5 Å². The second-order valence-corrected chi connectivity index (χ2v) is 4.95. The van der Waals surface area contributed by atoms with Gasteiger partial charge in [0.25, 0.3) is 0 Å². The summed E-state index contributed by atoms with van der Waals surface area (Å²) in [5.74, 6) is 0. The molecule has 1 N–H and O–H groups in total. The van der Waals surface area contributed by atoms with Gasteiger partial charge in [-0.2, -0.15) is 0 Å². The molecule has 0 saturated carbocycles. The number of rotatable bonds is 1. The van der Waals surface area contributed by atoms with Gasteiger partial charge in [-0.1, -0.05) is 36.5 Å².